The van der Waals surface area contributed by atoms with Crippen molar-refractivity contribution in [3.05, 3.63) is 35.5 Å². The van der Waals surface area contributed by atoms with E-state index in [0.29, 0.717) is 43.2 Å². The van der Waals surface area contributed by atoms with Crippen LogP contribution in [0.4, 0.5) is 11.4 Å². The molecule has 9 nitrogen and oxygen atoms in total. The van der Waals surface area contributed by atoms with Crippen LogP contribution in [0.5, 0.6) is 5.75 Å². The van der Waals surface area contributed by atoms with Crippen molar-refractivity contribution in [2.75, 3.05) is 70.2 Å². The number of ether oxygens (including phenoxy) is 2. The summed E-state index contributed by atoms with van der Waals surface area (Å²) in [5, 5.41) is 17.4. The molecule has 0 unspecified atom stereocenters. The number of nitrogens with zero attached hydrogens (tertiary/aromatic N) is 4. The Bertz CT molecular complexity index is 1160. The molecular formula is C28H38N6O3. The Kier molecular flexibility index (Phi) is 9.34. The number of pyridine rings is 1. The average molecular weight is 507 g/mol. The summed E-state index contributed by atoms with van der Waals surface area (Å²) in [5.41, 5.74) is 3.36. The molecule has 198 valence electrons. The second kappa shape index (κ2) is 12.9. The molecule has 0 atom stereocenters. The first-order chi connectivity index (χ1) is 18.0. The van der Waals surface area contributed by atoms with E-state index in [4.69, 9.17) is 14.5 Å². The van der Waals surface area contributed by atoms with E-state index in [1.165, 1.54) is 0 Å². The molecule has 9 heteroatoms. The van der Waals surface area contributed by atoms with Gasteiger partial charge >= 0.3 is 0 Å². The highest BCUT2D eigenvalue weighted by Gasteiger charge is 2.21. The van der Waals surface area contributed by atoms with Crippen molar-refractivity contribution in [2.24, 2.45) is 0 Å². The van der Waals surface area contributed by atoms with Crippen LogP contribution in [0.2, 0.25) is 0 Å². The maximum atomic E-state index is 12.8. The third kappa shape index (κ3) is 6.77. The fraction of sp³-hybridized carbons (Fsp3) is 0.536. The van der Waals surface area contributed by atoms with Crippen LogP contribution >= 0.6 is 0 Å². The van der Waals surface area contributed by atoms with Gasteiger partial charge in [0.1, 0.15) is 11.8 Å². The van der Waals surface area contributed by atoms with Gasteiger partial charge in [0, 0.05) is 69.5 Å². The first kappa shape index (κ1) is 26.9. The summed E-state index contributed by atoms with van der Waals surface area (Å²) in [4.78, 5) is 22.3. The van der Waals surface area contributed by atoms with Crippen molar-refractivity contribution in [1.29, 1.82) is 5.26 Å². The lowest BCUT2D eigenvalue weighted by Gasteiger charge is -2.31. The molecule has 0 saturated carbocycles. The van der Waals surface area contributed by atoms with Gasteiger partial charge in [-0.3, -0.25) is 14.7 Å². The van der Waals surface area contributed by atoms with E-state index in [0.717, 1.165) is 67.8 Å². The highest BCUT2D eigenvalue weighted by atomic mass is 16.5. The van der Waals surface area contributed by atoms with E-state index < -0.39 is 0 Å². The van der Waals surface area contributed by atoms with Gasteiger partial charge in [0.05, 0.1) is 34.8 Å². The van der Waals surface area contributed by atoms with Crippen molar-refractivity contribution in [2.45, 2.75) is 39.2 Å². The average Bonchev–Trinajstić information content (AvgIpc) is 2.91. The highest BCUT2D eigenvalue weighted by molar-refractivity contribution is 6.04. The molecule has 37 heavy (non-hydrogen) atoms. The third-order valence-corrected chi connectivity index (χ3v) is 6.96. The number of aryl methyl sites for hydroxylation is 1. The van der Waals surface area contributed by atoms with Gasteiger partial charge in [-0.25, -0.2) is 0 Å². The zero-order chi connectivity index (χ0) is 26.2. The molecule has 3 heterocycles. The summed E-state index contributed by atoms with van der Waals surface area (Å²) in [7, 11) is 2.13. The minimum atomic E-state index is -0.216. The first-order valence-corrected chi connectivity index (χ1v) is 13.3. The topological polar surface area (TPSA) is 103 Å². The van der Waals surface area contributed by atoms with Crippen molar-refractivity contribution >= 4 is 28.2 Å². The molecule has 1 aromatic heterocycles. The Balaban J connectivity index is 1.62. The summed E-state index contributed by atoms with van der Waals surface area (Å²) >= 11 is 0. The third-order valence-electron chi connectivity index (χ3n) is 6.96. The minimum absolute atomic E-state index is 0.207. The Morgan fingerprint density at radius 2 is 2.00 bits per heavy atom. The zero-order valence-corrected chi connectivity index (χ0v) is 22.2. The standard InChI is InChI=1S/C28H38N6O3/c1-4-23-22(19-29)28(30-20-8-15-36-16-9-20)21-17-25(26(37-5-2)18-24(21)31-23)32-27(35)7-6-10-34-13-11-33(3)12-14-34/h6-7,17-18,20H,4-5,8-16H2,1-3H3,(H,30,31)(H,32,35)/b7-6+. The second-order valence-corrected chi connectivity index (χ2v) is 9.60. The number of benzene rings is 1. The summed E-state index contributed by atoms with van der Waals surface area (Å²) in [6.45, 7) is 10.6. The number of amides is 1. The van der Waals surface area contributed by atoms with Gasteiger partial charge in [-0.1, -0.05) is 13.0 Å². The minimum Gasteiger partial charge on any atom is -0.492 e. The maximum absolute atomic E-state index is 12.8. The number of carbonyl (C=O) groups excluding carboxylic acids is 1. The van der Waals surface area contributed by atoms with E-state index in [1.807, 2.05) is 32.1 Å². The van der Waals surface area contributed by atoms with Crippen molar-refractivity contribution in [1.82, 2.24) is 14.8 Å². The number of rotatable bonds is 9. The largest absolute Gasteiger partial charge is 0.492 e. The molecule has 2 N–H and O–H groups in total. The number of hydrogen-bond donors (Lipinski definition) is 2. The number of nitrogens with one attached hydrogen (secondary N) is 2. The Morgan fingerprint density at radius 3 is 2.68 bits per heavy atom. The number of nitriles is 1. The molecule has 2 aliphatic rings. The Labute approximate surface area is 219 Å². The van der Waals surface area contributed by atoms with Crippen LogP contribution in [0.1, 0.15) is 37.9 Å². The Hall–Kier alpha value is -3.19. The SMILES string of the molecule is CCOc1cc2nc(CC)c(C#N)c(NC3CCOCC3)c2cc1NC(=O)/C=C/CN1CCN(C)CC1. The van der Waals surface area contributed by atoms with E-state index in [1.54, 1.807) is 6.08 Å². The monoisotopic (exact) mass is 506 g/mol. The van der Waals surface area contributed by atoms with Crippen LogP contribution in [-0.2, 0) is 16.0 Å². The van der Waals surface area contributed by atoms with Crippen LogP contribution in [0.15, 0.2) is 24.3 Å². The fourth-order valence-electron chi connectivity index (χ4n) is 4.80. The lowest BCUT2D eigenvalue weighted by atomic mass is 10.0. The molecule has 0 radical (unpaired) electrons. The normalized spacial score (nSPS) is 17.7. The van der Waals surface area contributed by atoms with Gasteiger partial charge < -0.3 is 25.0 Å². The van der Waals surface area contributed by atoms with Crippen LogP contribution in [-0.4, -0.2) is 86.3 Å². The molecule has 4 rings (SSSR count). The summed E-state index contributed by atoms with van der Waals surface area (Å²) < 4.78 is 11.4. The smallest absolute Gasteiger partial charge is 0.248 e. The number of carbonyl (C=O) groups is 1. The number of hydrogen-bond acceptors (Lipinski definition) is 8. The highest BCUT2D eigenvalue weighted by Crippen LogP contribution is 2.37. The molecular weight excluding hydrogens is 468 g/mol. The van der Waals surface area contributed by atoms with Crippen molar-refractivity contribution in [3.8, 4) is 11.8 Å². The molecule has 0 spiro atoms. The zero-order valence-electron chi connectivity index (χ0n) is 22.2. The molecule has 2 fully saturated rings. The first-order valence-electron chi connectivity index (χ1n) is 13.3. The van der Waals surface area contributed by atoms with Gasteiger partial charge in [-0.2, -0.15) is 5.26 Å². The molecule has 1 aromatic carbocycles. The van der Waals surface area contributed by atoms with E-state index in [-0.39, 0.29) is 11.9 Å². The molecule has 0 bridgehead atoms. The molecule has 2 aromatic rings. The van der Waals surface area contributed by atoms with Crippen LogP contribution < -0.4 is 15.4 Å². The predicted octanol–water partition coefficient (Wildman–Crippen LogP) is 3.40. The molecule has 2 saturated heterocycles. The Morgan fingerprint density at radius 1 is 1.24 bits per heavy atom. The molecule has 2 aliphatic heterocycles. The lowest BCUT2D eigenvalue weighted by molar-refractivity contribution is -0.111. The molecule has 1 amide bonds. The quantitative estimate of drug-likeness (QED) is 0.499. The second-order valence-electron chi connectivity index (χ2n) is 9.60. The number of fused-ring (bicyclic) bond motifs is 1. The number of piperazine rings is 1. The van der Waals surface area contributed by atoms with E-state index in [2.05, 4.69) is 33.6 Å². The molecule has 0 aliphatic carbocycles. The maximum Gasteiger partial charge on any atom is 0.248 e. The number of anilines is 2. The summed E-state index contributed by atoms with van der Waals surface area (Å²) in [6, 6.07) is 6.31. The number of likely N-dealkylation sites (N-methyl/N-ethyl adjacent to an activating group) is 1. The van der Waals surface area contributed by atoms with Crippen LogP contribution in [0.25, 0.3) is 10.9 Å². The summed E-state index contributed by atoms with van der Waals surface area (Å²) in [5.74, 6) is 0.346. The van der Waals surface area contributed by atoms with Crippen molar-refractivity contribution < 1.29 is 14.3 Å². The lowest BCUT2D eigenvalue weighted by Crippen LogP contribution is -2.44. The van der Waals surface area contributed by atoms with Gasteiger partial charge in [0.25, 0.3) is 0 Å². The van der Waals surface area contributed by atoms with Crippen LogP contribution in [0.3, 0.4) is 0 Å². The fourth-order valence-corrected chi connectivity index (χ4v) is 4.80. The van der Waals surface area contributed by atoms with Gasteiger partial charge in [0.2, 0.25) is 5.91 Å². The van der Waals surface area contributed by atoms with E-state index in [9.17, 15) is 10.1 Å². The number of aromatic nitrogens is 1. The van der Waals surface area contributed by atoms with Gasteiger partial charge in [0.15, 0.2) is 0 Å². The van der Waals surface area contributed by atoms with Crippen molar-refractivity contribution in [3.63, 3.8) is 0 Å². The van der Waals surface area contributed by atoms with Gasteiger partial charge in [-0.05, 0) is 39.3 Å². The van der Waals surface area contributed by atoms with E-state index >= 15 is 0 Å². The predicted molar refractivity (Wildman–Crippen MR) is 146 cm³/mol. The summed E-state index contributed by atoms with van der Waals surface area (Å²) in [6.07, 6.45) is 5.87. The van der Waals surface area contributed by atoms with Crippen LogP contribution in [0, 0.1) is 11.3 Å². The van der Waals surface area contributed by atoms with Gasteiger partial charge in [-0.15, -0.1) is 0 Å².